The molecule has 21 heavy (non-hydrogen) atoms. The van der Waals surface area contributed by atoms with Crippen LogP contribution >= 0.6 is 22.9 Å². The predicted molar refractivity (Wildman–Crippen MR) is 86.5 cm³/mol. The summed E-state index contributed by atoms with van der Waals surface area (Å²) in [6.45, 7) is 4.85. The number of anilines is 1. The molecular weight excluding hydrogens is 306 g/mol. The first-order valence-corrected chi connectivity index (χ1v) is 8.37. The summed E-state index contributed by atoms with van der Waals surface area (Å²) in [4.78, 5) is 10.9. The molecule has 0 atom stereocenters. The van der Waals surface area contributed by atoms with E-state index >= 15 is 0 Å². The number of piperidine rings is 1. The molecule has 0 N–H and O–H groups in total. The minimum Gasteiger partial charge on any atom is -0.492 e. The molecule has 0 spiro atoms. The Morgan fingerprint density at radius 3 is 2.90 bits per heavy atom. The highest BCUT2D eigenvalue weighted by Gasteiger charge is 2.21. The molecule has 2 aromatic rings. The van der Waals surface area contributed by atoms with Gasteiger partial charge in [0.2, 0.25) is 0 Å². The Morgan fingerprint density at radius 2 is 2.24 bits per heavy atom. The predicted octanol–water partition coefficient (Wildman–Crippen LogP) is 3.80. The smallest absolute Gasteiger partial charge is 0.185 e. The molecule has 6 heteroatoms. The van der Waals surface area contributed by atoms with Gasteiger partial charge in [0.05, 0.1) is 12.3 Å². The van der Waals surface area contributed by atoms with Gasteiger partial charge in [-0.25, -0.2) is 4.98 Å². The monoisotopic (exact) mass is 323 g/mol. The number of pyridine rings is 1. The summed E-state index contributed by atoms with van der Waals surface area (Å²) < 4.78 is 5.82. The van der Waals surface area contributed by atoms with E-state index in [1.807, 2.05) is 13.0 Å². The molecule has 3 heterocycles. The van der Waals surface area contributed by atoms with Crippen LogP contribution < -0.4 is 9.64 Å². The van der Waals surface area contributed by atoms with Crippen molar-refractivity contribution in [1.29, 1.82) is 0 Å². The van der Waals surface area contributed by atoms with Crippen molar-refractivity contribution >= 4 is 28.1 Å². The standard InChI is InChI=1S/C15H18ClN3OS/c1-11-10-21-15(18-11)19-6-3-12(4-7-19)9-20-14-2-5-17-8-13(14)16/h2,5,8,10,12H,3-4,6-7,9H2,1H3. The van der Waals surface area contributed by atoms with Gasteiger partial charge in [0.25, 0.3) is 0 Å². The minimum atomic E-state index is 0.576. The molecule has 0 unspecified atom stereocenters. The maximum absolute atomic E-state index is 6.04. The molecule has 1 aliphatic heterocycles. The molecule has 0 aromatic carbocycles. The summed E-state index contributed by atoms with van der Waals surface area (Å²) in [5.41, 5.74) is 1.10. The van der Waals surface area contributed by atoms with Gasteiger partial charge >= 0.3 is 0 Å². The van der Waals surface area contributed by atoms with Crippen LogP contribution in [0.15, 0.2) is 23.8 Å². The number of aryl methyl sites for hydroxylation is 1. The van der Waals surface area contributed by atoms with E-state index in [0.717, 1.165) is 42.5 Å². The Hall–Kier alpha value is -1.33. The Kier molecular flexibility index (Phi) is 4.60. The summed E-state index contributed by atoms with van der Waals surface area (Å²) in [6, 6.07) is 1.82. The van der Waals surface area contributed by atoms with Crippen LogP contribution in [0, 0.1) is 12.8 Å². The number of aromatic nitrogens is 2. The summed E-state index contributed by atoms with van der Waals surface area (Å²) in [7, 11) is 0. The lowest BCUT2D eigenvalue weighted by Crippen LogP contribution is -2.35. The first-order chi connectivity index (χ1) is 10.2. The number of thiazole rings is 1. The number of ether oxygens (including phenoxy) is 1. The highest BCUT2D eigenvalue weighted by atomic mass is 35.5. The molecular formula is C15H18ClN3OS. The quantitative estimate of drug-likeness (QED) is 0.858. The third kappa shape index (κ3) is 3.66. The van der Waals surface area contributed by atoms with Gasteiger partial charge in [-0.1, -0.05) is 11.6 Å². The van der Waals surface area contributed by atoms with Crippen LogP contribution in [0.4, 0.5) is 5.13 Å². The number of hydrogen-bond acceptors (Lipinski definition) is 5. The average Bonchev–Trinajstić information content (AvgIpc) is 2.94. The van der Waals surface area contributed by atoms with E-state index < -0.39 is 0 Å². The lowest BCUT2D eigenvalue weighted by molar-refractivity contribution is 0.223. The van der Waals surface area contributed by atoms with Gasteiger partial charge in [-0.3, -0.25) is 4.98 Å². The molecule has 0 radical (unpaired) electrons. The van der Waals surface area contributed by atoms with E-state index in [1.54, 1.807) is 23.7 Å². The first kappa shape index (κ1) is 14.6. The first-order valence-electron chi connectivity index (χ1n) is 7.12. The van der Waals surface area contributed by atoms with E-state index in [2.05, 4.69) is 20.2 Å². The summed E-state index contributed by atoms with van der Waals surface area (Å²) in [5, 5.41) is 3.83. The number of nitrogens with zero attached hydrogens (tertiary/aromatic N) is 3. The van der Waals surface area contributed by atoms with Crippen molar-refractivity contribution in [3.8, 4) is 5.75 Å². The number of hydrogen-bond donors (Lipinski definition) is 0. The average molecular weight is 324 g/mol. The van der Waals surface area contributed by atoms with Gasteiger partial charge in [-0.2, -0.15) is 0 Å². The normalized spacial score (nSPS) is 16.2. The zero-order valence-electron chi connectivity index (χ0n) is 12.0. The van der Waals surface area contributed by atoms with Crippen LogP contribution in [0.1, 0.15) is 18.5 Å². The number of rotatable bonds is 4. The zero-order valence-corrected chi connectivity index (χ0v) is 13.5. The molecule has 0 bridgehead atoms. The van der Waals surface area contributed by atoms with Crippen molar-refractivity contribution in [3.05, 3.63) is 34.6 Å². The lowest BCUT2D eigenvalue weighted by atomic mass is 9.98. The van der Waals surface area contributed by atoms with Gasteiger partial charge in [-0.05, 0) is 25.7 Å². The third-order valence-electron chi connectivity index (χ3n) is 3.70. The Morgan fingerprint density at radius 1 is 1.43 bits per heavy atom. The highest BCUT2D eigenvalue weighted by Crippen LogP contribution is 2.28. The second kappa shape index (κ2) is 6.62. The van der Waals surface area contributed by atoms with Gasteiger partial charge < -0.3 is 9.64 Å². The van der Waals surface area contributed by atoms with Crippen LogP contribution in [-0.4, -0.2) is 29.7 Å². The molecule has 3 rings (SSSR count). The lowest BCUT2D eigenvalue weighted by Gasteiger charge is -2.31. The molecule has 112 valence electrons. The van der Waals surface area contributed by atoms with E-state index in [1.165, 1.54) is 0 Å². The fourth-order valence-electron chi connectivity index (χ4n) is 2.46. The molecule has 1 fully saturated rings. The van der Waals surface area contributed by atoms with Gasteiger partial charge in [0, 0.05) is 36.9 Å². The van der Waals surface area contributed by atoms with Crippen LogP contribution in [-0.2, 0) is 0 Å². The van der Waals surface area contributed by atoms with Gasteiger partial charge in [-0.15, -0.1) is 11.3 Å². The molecule has 4 nitrogen and oxygen atoms in total. The van der Waals surface area contributed by atoms with E-state index in [4.69, 9.17) is 16.3 Å². The second-order valence-electron chi connectivity index (χ2n) is 5.32. The summed E-state index contributed by atoms with van der Waals surface area (Å²) >= 11 is 7.77. The van der Waals surface area contributed by atoms with Gasteiger partial charge in [0.1, 0.15) is 10.8 Å². The molecule has 0 saturated carbocycles. The SMILES string of the molecule is Cc1csc(N2CCC(COc3ccncc3Cl)CC2)n1. The van der Waals surface area contributed by atoms with Crippen molar-refractivity contribution in [3.63, 3.8) is 0 Å². The van der Waals surface area contributed by atoms with Crippen LogP contribution in [0.2, 0.25) is 5.02 Å². The van der Waals surface area contributed by atoms with Crippen molar-refractivity contribution < 1.29 is 4.74 Å². The zero-order chi connectivity index (χ0) is 14.7. The summed E-state index contributed by atoms with van der Waals surface area (Å²) in [5.74, 6) is 1.30. The van der Waals surface area contributed by atoms with E-state index in [9.17, 15) is 0 Å². The topological polar surface area (TPSA) is 38.2 Å². The van der Waals surface area contributed by atoms with Gasteiger partial charge in [0.15, 0.2) is 5.13 Å². The second-order valence-corrected chi connectivity index (χ2v) is 6.56. The number of halogens is 1. The Bertz CT molecular complexity index is 596. The fourth-order valence-corrected chi connectivity index (χ4v) is 3.50. The maximum Gasteiger partial charge on any atom is 0.185 e. The molecule has 1 saturated heterocycles. The maximum atomic E-state index is 6.04. The third-order valence-corrected chi connectivity index (χ3v) is 5.00. The fraction of sp³-hybridized carbons (Fsp3) is 0.467. The van der Waals surface area contributed by atoms with Crippen molar-refractivity contribution in [2.75, 3.05) is 24.6 Å². The van der Waals surface area contributed by atoms with Crippen LogP contribution in [0.5, 0.6) is 5.75 Å². The molecule has 1 aliphatic rings. The highest BCUT2D eigenvalue weighted by molar-refractivity contribution is 7.13. The van der Waals surface area contributed by atoms with Crippen molar-refractivity contribution in [1.82, 2.24) is 9.97 Å². The Balaban J connectivity index is 1.49. The molecule has 0 aliphatic carbocycles. The minimum absolute atomic E-state index is 0.576. The Labute approximate surface area is 133 Å². The van der Waals surface area contributed by atoms with Crippen molar-refractivity contribution in [2.45, 2.75) is 19.8 Å². The van der Waals surface area contributed by atoms with E-state index in [-0.39, 0.29) is 0 Å². The largest absolute Gasteiger partial charge is 0.492 e. The van der Waals surface area contributed by atoms with Crippen molar-refractivity contribution in [2.24, 2.45) is 5.92 Å². The van der Waals surface area contributed by atoms with Crippen LogP contribution in [0.25, 0.3) is 0 Å². The summed E-state index contributed by atoms with van der Waals surface area (Å²) in [6.07, 6.45) is 5.57. The molecule has 2 aromatic heterocycles. The van der Waals surface area contributed by atoms with Crippen LogP contribution in [0.3, 0.4) is 0 Å². The molecule has 0 amide bonds. The van der Waals surface area contributed by atoms with E-state index in [0.29, 0.717) is 17.5 Å².